The summed E-state index contributed by atoms with van der Waals surface area (Å²) in [6.45, 7) is 3.86. The maximum absolute atomic E-state index is 11.3. The van der Waals surface area contributed by atoms with Gasteiger partial charge in [0, 0.05) is 38.8 Å². The van der Waals surface area contributed by atoms with Crippen molar-refractivity contribution in [2.45, 2.75) is 12.5 Å². The molecule has 0 spiro atoms. The number of rotatable bonds is 5. The SMILES string of the molecule is C=CCC(O)c1c2nc(c(-c3ccccc3)c3ccc(cc4ccc([nH]4)c(-c4ccccc4)c4nc1C=C4)[nH]3)C=C2. The molecule has 5 heterocycles. The van der Waals surface area contributed by atoms with E-state index in [0.29, 0.717) is 23.4 Å². The van der Waals surface area contributed by atoms with E-state index in [9.17, 15) is 5.11 Å². The second-order valence-corrected chi connectivity index (χ2v) is 10.2. The molecular weight excluding hydrogens is 504 g/mol. The summed E-state index contributed by atoms with van der Waals surface area (Å²) >= 11 is 0. The molecule has 8 bridgehead atoms. The van der Waals surface area contributed by atoms with Gasteiger partial charge in [0.05, 0.1) is 28.9 Å². The molecule has 41 heavy (non-hydrogen) atoms. The minimum Gasteiger partial charge on any atom is -0.388 e. The van der Waals surface area contributed by atoms with E-state index in [1.165, 1.54) is 0 Å². The van der Waals surface area contributed by atoms with Crippen LogP contribution in [-0.4, -0.2) is 25.0 Å². The topological polar surface area (TPSA) is 77.6 Å². The first-order chi connectivity index (χ1) is 20.2. The molecule has 5 heteroatoms. The summed E-state index contributed by atoms with van der Waals surface area (Å²) in [7, 11) is 0. The van der Waals surface area contributed by atoms with Crippen LogP contribution in [0.1, 0.15) is 40.9 Å². The van der Waals surface area contributed by atoms with Crippen molar-refractivity contribution in [3.63, 3.8) is 0 Å². The monoisotopic (exact) mass is 532 g/mol. The Morgan fingerprint density at radius 3 is 1.56 bits per heavy atom. The Hall–Kier alpha value is -5.26. The molecule has 2 aliphatic heterocycles. The van der Waals surface area contributed by atoms with Crippen molar-refractivity contribution in [1.29, 1.82) is 0 Å². The average molecular weight is 533 g/mol. The van der Waals surface area contributed by atoms with Crippen LogP contribution in [0.2, 0.25) is 0 Å². The summed E-state index contributed by atoms with van der Waals surface area (Å²) in [4.78, 5) is 17.4. The quantitative estimate of drug-likeness (QED) is 0.194. The van der Waals surface area contributed by atoms with Gasteiger partial charge in [0.25, 0.3) is 0 Å². The van der Waals surface area contributed by atoms with E-state index in [0.717, 1.165) is 55.7 Å². The highest BCUT2D eigenvalue weighted by atomic mass is 16.3. The van der Waals surface area contributed by atoms with Gasteiger partial charge < -0.3 is 15.1 Å². The van der Waals surface area contributed by atoms with Crippen molar-refractivity contribution in [3.8, 4) is 22.3 Å². The Kier molecular flexibility index (Phi) is 6.26. The van der Waals surface area contributed by atoms with Crippen LogP contribution in [-0.2, 0) is 0 Å². The third-order valence-corrected chi connectivity index (χ3v) is 7.46. The van der Waals surface area contributed by atoms with Gasteiger partial charge in [-0.15, -0.1) is 6.58 Å². The third kappa shape index (κ3) is 4.62. The molecule has 0 aliphatic carbocycles. The third-order valence-electron chi connectivity index (χ3n) is 7.46. The fourth-order valence-electron chi connectivity index (χ4n) is 5.60. The first-order valence-electron chi connectivity index (χ1n) is 13.7. The number of nitrogens with one attached hydrogen (secondary N) is 2. The summed E-state index contributed by atoms with van der Waals surface area (Å²) in [5.74, 6) is 0. The molecule has 0 saturated carbocycles. The van der Waals surface area contributed by atoms with Crippen LogP contribution in [0.15, 0.2) is 104 Å². The lowest BCUT2D eigenvalue weighted by Gasteiger charge is -2.11. The molecule has 1 unspecified atom stereocenters. The van der Waals surface area contributed by atoms with Crippen LogP contribution in [0.5, 0.6) is 0 Å². The maximum Gasteiger partial charge on any atom is 0.0866 e. The minimum absolute atomic E-state index is 0.389. The smallest absolute Gasteiger partial charge is 0.0866 e. The van der Waals surface area contributed by atoms with Gasteiger partial charge in [-0.1, -0.05) is 66.7 Å². The Balaban J connectivity index is 1.64. The van der Waals surface area contributed by atoms with Crippen molar-refractivity contribution in [2.75, 3.05) is 0 Å². The maximum atomic E-state index is 11.3. The van der Waals surface area contributed by atoms with E-state index in [1.54, 1.807) is 6.08 Å². The van der Waals surface area contributed by atoms with Gasteiger partial charge >= 0.3 is 0 Å². The molecule has 0 amide bonds. The van der Waals surface area contributed by atoms with E-state index in [4.69, 9.17) is 9.97 Å². The zero-order valence-electron chi connectivity index (χ0n) is 22.4. The van der Waals surface area contributed by atoms with Gasteiger partial charge in [-0.25, -0.2) is 9.97 Å². The molecule has 5 nitrogen and oxygen atoms in total. The van der Waals surface area contributed by atoms with Crippen LogP contribution in [0.25, 0.3) is 68.6 Å². The molecule has 198 valence electrons. The Morgan fingerprint density at radius 2 is 1.10 bits per heavy atom. The fraction of sp³-hybridized carbons (Fsp3) is 0.0556. The summed E-state index contributed by atoms with van der Waals surface area (Å²) in [6.07, 6.45) is 9.29. The molecule has 3 aromatic heterocycles. The lowest BCUT2D eigenvalue weighted by atomic mass is 10.0. The highest BCUT2D eigenvalue weighted by Gasteiger charge is 2.21. The zero-order valence-corrected chi connectivity index (χ0v) is 22.4. The van der Waals surface area contributed by atoms with E-state index in [1.807, 2.05) is 60.7 Å². The van der Waals surface area contributed by atoms with Crippen molar-refractivity contribution in [3.05, 3.63) is 132 Å². The van der Waals surface area contributed by atoms with Crippen LogP contribution >= 0.6 is 0 Å². The van der Waals surface area contributed by atoms with Gasteiger partial charge in [0.2, 0.25) is 0 Å². The zero-order chi connectivity index (χ0) is 27.8. The van der Waals surface area contributed by atoms with E-state index in [-0.39, 0.29) is 0 Å². The molecule has 2 aliphatic rings. The van der Waals surface area contributed by atoms with Crippen LogP contribution in [0.4, 0.5) is 0 Å². The summed E-state index contributed by atoms with van der Waals surface area (Å²) in [5, 5.41) is 11.3. The standard InChI is InChI=1S/C36H28N4O/c1-2-9-33(41)36-31-20-18-29(39-31)34(23-10-5-3-6-11-23)27-16-14-25(37-27)22-26-15-17-28(38-26)35(24-12-7-4-8-13-24)30-19-21-32(36)40-30/h2-8,10-22,33,37-38,41H,1,9H2. The highest BCUT2D eigenvalue weighted by molar-refractivity contribution is 5.93. The molecule has 2 aromatic carbocycles. The Bertz CT molecular complexity index is 1860. The van der Waals surface area contributed by atoms with E-state index >= 15 is 0 Å². The predicted octanol–water partition coefficient (Wildman–Crippen LogP) is 8.60. The lowest BCUT2D eigenvalue weighted by molar-refractivity contribution is 0.180. The molecule has 3 N–H and O–H groups in total. The number of fused-ring (bicyclic) bond motifs is 8. The van der Waals surface area contributed by atoms with Gasteiger partial charge in [0.15, 0.2) is 0 Å². The second kappa shape index (κ2) is 10.4. The second-order valence-electron chi connectivity index (χ2n) is 10.2. The molecule has 0 fully saturated rings. The van der Waals surface area contributed by atoms with E-state index < -0.39 is 6.10 Å². The predicted molar refractivity (Wildman–Crippen MR) is 170 cm³/mol. The van der Waals surface area contributed by atoms with Gasteiger partial charge in [-0.05, 0) is 72.2 Å². The number of nitrogens with zero attached hydrogens (tertiary/aromatic N) is 2. The summed E-state index contributed by atoms with van der Waals surface area (Å²) in [6, 6.07) is 31.0. The Labute approximate surface area is 237 Å². The summed E-state index contributed by atoms with van der Waals surface area (Å²) < 4.78 is 0. The normalized spacial score (nSPS) is 12.9. The lowest BCUT2D eigenvalue weighted by Crippen LogP contribution is -2.02. The van der Waals surface area contributed by atoms with Crippen molar-refractivity contribution in [1.82, 2.24) is 19.9 Å². The number of benzene rings is 2. The van der Waals surface area contributed by atoms with Crippen LogP contribution < -0.4 is 0 Å². The first kappa shape index (κ1) is 24.8. The number of aliphatic hydroxyl groups excluding tert-OH is 1. The molecular formula is C36H28N4O. The van der Waals surface area contributed by atoms with Crippen LogP contribution in [0.3, 0.4) is 0 Å². The molecule has 0 radical (unpaired) electrons. The number of hydrogen-bond donors (Lipinski definition) is 3. The van der Waals surface area contributed by atoms with Crippen molar-refractivity contribution < 1.29 is 5.11 Å². The van der Waals surface area contributed by atoms with E-state index in [2.05, 4.69) is 71.1 Å². The number of aromatic amines is 2. The van der Waals surface area contributed by atoms with Gasteiger partial charge in [-0.2, -0.15) is 0 Å². The largest absolute Gasteiger partial charge is 0.388 e. The number of aromatic nitrogens is 4. The summed E-state index contributed by atoms with van der Waals surface area (Å²) in [5.41, 5.74) is 11.7. The number of H-pyrrole nitrogens is 2. The minimum atomic E-state index is -0.805. The molecule has 0 saturated heterocycles. The van der Waals surface area contributed by atoms with Crippen molar-refractivity contribution >= 4 is 46.4 Å². The Morgan fingerprint density at radius 1 is 0.634 bits per heavy atom. The highest BCUT2D eigenvalue weighted by Crippen LogP contribution is 2.35. The van der Waals surface area contributed by atoms with Gasteiger partial charge in [-0.3, -0.25) is 0 Å². The molecule has 5 aromatic rings. The first-order valence-corrected chi connectivity index (χ1v) is 13.7. The fourth-order valence-corrected chi connectivity index (χ4v) is 5.60. The molecule has 1 atom stereocenters. The average Bonchev–Trinajstić information content (AvgIpc) is 3.81. The van der Waals surface area contributed by atoms with Gasteiger partial charge in [0.1, 0.15) is 0 Å². The number of hydrogen-bond acceptors (Lipinski definition) is 3. The molecule has 7 rings (SSSR count). The van der Waals surface area contributed by atoms with Crippen LogP contribution in [0, 0.1) is 0 Å². The van der Waals surface area contributed by atoms with Crippen molar-refractivity contribution in [2.24, 2.45) is 0 Å². The number of aliphatic hydroxyl groups is 1.